The van der Waals surface area contributed by atoms with Crippen LogP contribution < -0.4 is 5.32 Å². The lowest BCUT2D eigenvalue weighted by molar-refractivity contribution is -0.349. The number of carbonyl (C=O) groups is 1. The summed E-state index contributed by atoms with van der Waals surface area (Å²) in [4.78, 5) is 12.7. The first-order valence-corrected chi connectivity index (χ1v) is 13.2. The molecule has 37 heavy (non-hydrogen) atoms. The van der Waals surface area contributed by atoms with Crippen LogP contribution in [0, 0.1) is 0 Å². The average Bonchev–Trinajstić information content (AvgIpc) is 2.90. The number of ether oxygens (including phenoxy) is 6. The van der Waals surface area contributed by atoms with Crippen LogP contribution in [0.3, 0.4) is 0 Å². The first-order valence-electron chi connectivity index (χ1n) is 12.1. The van der Waals surface area contributed by atoms with Crippen molar-refractivity contribution in [3.05, 3.63) is 71.8 Å². The molecular weight excluding hydrogens is 545 g/mol. The van der Waals surface area contributed by atoms with E-state index < -0.39 is 53.4 Å². The molecule has 0 aliphatic carbocycles. The summed E-state index contributed by atoms with van der Waals surface area (Å²) in [5.74, 6) is 0. The summed E-state index contributed by atoms with van der Waals surface area (Å²) < 4.78 is 34.3. The minimum atomic E-state index is -1.75. The molecule has 2 heterocycles. The quantitative estimate of drug-likeness (QED) is 0.407. The molecule has 2 aromatic carbocycles. The third-order valence-corrected chi connectivity index (χ3v) is 6.16. The monoisotopic (exact) mass is 573 g/mol. The Bertz CT molecular complexity index is 979. The number of alkyl halides is 3. The van der Waals surface area contributed by atoms with Crippen LogP contribution in [-0.2, 0) is 35.0 Å². The molecule has 2 aliphatic rings. The van der Waals surface area contributed by atoms with Crippen molar-refractivity contribution >= 4 is 40.9 Å². The summed E-state index contributed by atoms with van der Waals surface area (Å²) in [6, 6.07) is 18.5. The van der Waals surface area contributed by atoms with Gasteiger partial charge in [-0.25, -0.2) is 4.79 Å². The normalized spacial score (nSPS) is 27.8. The van der Waals surface area contributed by atoms with Gasteiger partial charge in [0.25, 0.3) is 0 Å². The Morgan fingerprint density at radius 1 is 1.03 bits per heavy atom. The van der Waals surface area contributed by atoms with Gasteiger partial charge in [-0.3, -0.25) is 0 Å². The van der Waals surface area contributed by atoms with E-state index in [0.717, 1.165) is 17.5 Å². The van der Waals surface area contributed by atoms with E-state index in [2.05, 4.69) is 5.32 Å². The Kier molecular flexibility index (Phi) is 10.3. The van der Waals surface area contributed by atoms with Gasteiger partial charge in [0.15, 0.2) is 12.6 Å². The highest BCUT2D eigenvalue weighted by Crippen LogP contribution is 2.36. The summed E-state index contributed by atoms with van der Waals surface area (Å²) in [6.07, 6.45) is -3.27. The number of rotatable bonds is 9. The highest BCUT2D eigenvalue weighted by Gasteiger charge is 2.52. The molecule has 202 valence electrons. The highest BCUT2D eigenvalue weighted by atomic mass is 35.6. The number of fused-ring (bicyclic) bond motifs is 1. The van der Waals surface area contributed by atoms with E-state index in [1.165, 1.54) is 0 Å². The lowest BCUT2D eigenvalue weighted by Crippen LogP contribution is -2.67. The zero-order valence-electron chi connectivity index (χ0n) is 20.3. The van der Waals surface area contributed by atoms with Crippen LogP contribution in [-0.4, -0.2) is 60.4 Å². The largest absolute Gasteiger partial charge is 0.445 e. The Hall–Kier alpha value is -1.62. The molecule has 2 saturated heterocycles. The van der Waals surface area contributed by atoms with Crippen molar-refractivity contribution in [2.75, 3.05) is 19.8 Å². The van der Waals surface area contributed by atoms with Crippen molar-refractivity contribution in [1.82, 2.24) is 5.32 Å². The van der Waals surface area contributed by atoms with E-state index in [4.69, 9.17) is 63.2 Å². The molecule has 1 amide bonds. The van der Waals surface area contributed by atoms with Crippen LogP contribution >= 0.6 is 34.8 Å². The SMILES string of the molecule is CCCO[C@H]1OC2COC(c3ccccc3)O[C@H]2C(OCc2ccccc2)C1NC(=O)OCC(Cl)(Cl)Cl. The molecule has 8 nitrogen and oxygen atoms in total. The Morgan fingerprint density at radius 2 is 1.73 bits per heavy atom. The summed E-state index contributed by atoms with van der Waals surface area (Å²) >= 11 is 17.2. The molecule has 0 spiro atoms. The number of alkyl carbamates (subject to hydrolysis) is 1. The van der Waals surface area contributed by atoms with Gasteiger partial charge in [0.2, 0.25) is 3.79 Å². The van der Waals surface area contributed by atoms with Gasteiger partial charge in [-0.1, -0.05) is 102 Å². The van der Waals surface area contributed by atoms with Gasteiger partial charge in [0.05, 0.1) is 13.2 Å². The van der Waals surface area contributed by atoms with Crippen LogP contribution in [0.1, 0.15) is 30.8 Å². The van der Waals surface area contributed by atoms with E-state index in [0.29, 0.717) is 6.61 Å². The lowest BCUT2D eigenvalue weighted by Gasteiger charge is -2.49. The van der Waals surface area contributed by atoms with Crippen LogP contribution in [0.5, 0.6) is 0 Å². The smallest absolute Gasteiger partial charge is 0.407 e. The van der Waals surface area contributed by atoms with Crippen molar-refractivity contribution in [1.29, 1.82) is 0 Å². The van der Waals surface area contributed by atoms with Gasteiger partial charge in [-0.2, -0.15) is 0 Å². The molecule has 4 unspecified atom stereocenters. The molecule has 0 bridgehead atoms. The first kappa shape index (κ1) is 28.4. The van der Waals surface area contributed by atoms with Crippen molar-refractivity contribution in [2.45, 2.75) is 60.7 Å². The molecule has 11 heteroatoms. The fraction of sp³-hybridized carbons (Fsp3) is 0.500. The van der Waals surface area contributed by atoms with E-state index in [1.807, 2.05) is 67.6 Å². The van der Waals surface area contributed by atoms with Gasteiger partial charge in [0.1, 0.15) is 31.0 Å². The molecule has 0 saturated carbocycles. The summed E-state index contributed by atoms with van der Waals surface area (Å²) in [5.41, 5.74) is 1.82. The number of nitrogens with one attached hydrogen (secondary N) is 1. The molecule has 2 aliphatic heterocycles. The average molecular weight is 575 g/mol. The summed E-state index contributed by atoms with van der Waals surface area (Å²) in [6.45, 7) is 2.48. The number of amides is 1. The molecule has 0 radical (unpaired) electrons. The number of benzene rings is 2. The number of carbonyl (C=O) groups excluding carboxylic acids is 1. The molecule has 2 fully saturated rings. The molecule has 4 rings (SSSR count). The van der Waals surface area contributed by atoms with E-state index in [9.17, 15) is 4.79 Å². The lowest BCUT2D eigenvalue weighted by atomic mass is 9.95. The molecule has 6 atom stereocenters. The maximum atomic E-state index is 12.7. The summed E-state index contributed by atoms with van der Waals surface area (Å²) in [7, 11) is 0. The molecule has 1 N–H and O–H groups in total. The zero-order chi connectivity index (χ0) is 26.3. The van der Waals surface area contributed by atoms with E-state index in [-0.39, 0.29) is 13.2 Å². The van der Waals surface area contributed by atoms with Crippen molar-refractivity contribution in [3.63, 3.8) is 0 Å². The van der Waals surface area contributed by atoms with Gasteiger partial charge in [0, 0.05) is 12.2 Å². The molecule has 2 aromatic rings. The minimum Gasteiger partial charge on any atom is -0.445 e. The Labute approximate surface area is 231 Å². The van der Waals surface area contributed by atoms with Crippen LogP contribution in [0.25, 0.3) is 0 Å². The van der Waals surface area contributed by atoms with Crippen LogP contribution in [0.15, 0.2) is 60.7 Å². The Balaban J connectivity index is 1.58. The molecular formula is C26H30Cl3NO7. The van der Waals surface area contributed by atoms with Crippen molar-refractivity contribution in [3.8, 4) is 0 Å². The number of hydrogen-bond donors (Lipinski definition) is 1. The van der Waals surface area contributed by atoms with Gasteiger partial charge in [-0.05, 0) is 12.0 Å². The van der Waals surface area contributed by atoms with Crippen LogP contribution in [0.4, 0.5) is 4.79 Å². The fourth-order valence-electron chi connectivity index (χ4n) is 4.17. The zero-order valence-corrected chi connectivity index (χ0v) is 22.5. The van der Waals surface area contributed by atoms with Gasteiger partial charge < -0.3 is 33.7 Å². The topological polar surface area (TPSA) is 84.5 Å². The predicted octanol–water partition coefficient (Wildman–Crippen LogP) is 5.30. The number of halogens is 3. The highest BCUT2D eigenvalue weighted by molar-refractivity contribution is 6.67. The fourth-order valence-corrected chi connectivity index (χ4v) is 4.33. The minimum absolute atomic E-state index is 0.256. The third-order valence-electron chi connectivity index (χ3n) is 5.83. The van der Waals surface area contributed by atoms with Gasteiger partial charge in [-0.15, -0.1) is 0 Å². The number of hydrogen-bond acceptors (Lipinski definition) is 7. The van der Waals surface area contributed by atoms with Gasteiger partial charge >= 0.3 is 6.09 Å². The predicted molar refractivity (Wildman–Crippen MR) is 138 cm³/mol. The second-order valence-corrected chi connectivity index (χ2v) is 11.2. The third kappa shape index (κ3) is 8.18. The van der Waals surface area contributed by atoms with E-state index >= 15 is 0 Å². The maximum absolute atomic E-state index is 12.7. The van der Waals surface area contributed by atoms with Crippen molar-refractivity contribution < 1.29 is 33.2 Å². The second kappa shape index (κ2) is 13.4. The first-order chi connectivity index (χ1) is 17.8. The Morgan fingerprint density at radius 3 is 2.41 bits per heavy atom. The van der Waals surface area contributed by atoms with E-state index in [1.54, 1.807) is 0 Å². The second-order valence-electron chi connectivity index (χ2n) is 8.71. The maximum Gasteiger partial charge on any atom is 0.407 e. The van der Waals surface area contributed by atoms with Crippen molar-refractivity contribution in [2.24, 2.45) is 0 Å². The summed E-state index contributed by atoms with van der Waals surface area (Å²) in [5, 5.41) is 2.79. The standard InChI is InChI=1S/C26H30Cl3NO7/c1-2-13-32-24-20(30-25(31)35-16-26(27,28)29)22(33-14-17-9-5-3-6-10-17)21-19(36-24)15-34-23(37-21)18-11-7-4-8-12-18/h3-12,19-24H,2,13-16H2,1H3,(H,30,31)/t19?,20?,21-,22?,23?,24+/m1/s1. The van der Waals surface area contributed by atoms with Crippen LogP contribution in [0.2, 0.25) is 0 Å². The molecule has 0 aromatic heterocycles.